The standard InChI is InChI=1S/C19H28ClN5O5/c20-15-9-14(17(26)10-16(15)21)18(27)22-13-3-5-23(6-4-13)11-12-1-7-24(8-2-12)19(28)25(29)30/h9-10,12-13,26,29-30H,1-8,11,21H2,(H,22,27). The highest BCUT2D eigenvalue weighted by molar-refractivity contribution is 6.33. The van der Waals surface area contributed by atoms with E-state index >= 15 is 0 Å². The maximum atomic E-state index is 12.5. The number of aromatic hydroxyl groups is 1. The van der Waals surface area contributed by atoms with Crippen LogP contribution in [0.3, 0.4) is 0 Å². The summed E-state index contributed by atoms with van der Waals surface area (Å²) in [4.78, 5) is 27.8. The van der Waals surface area contributed by atoms with Crippen LogP contribution in [0.2, 0.25) is 5.02 Å². The zero-order chi connectivity index (χ0) is 21.8. The number of phenolic OH excluding ortho intramolecular Hbond substituents is 1. The first-order valence-corrected chi connectivity index (χ1v) is 10.4. The van der Waals surface area contributed by atoms with Crippen LogP contribution >= 0.6 is 11.6 Å². The maximum Gasteiger partial charge on any atom is 0.369 e. The first-order chi connectivity index (χ1) is 14.2. The number of likely N-dealkylation sites (tertiary alicyclic amines) is 2. The van der Waals surface area contributed by atoms with Crippen LogP contribution in [0.5, 0.6) is 5.75 Å². The highest BCUT2D eigenvalue weighted by Crippen LogP contribution is 2.28. The van der Waals surface area contributed by atoms with Gasteiger partial charge in [0.2, 0.25) is 0 Å². The van der Waals surface area contributed by atoms with Gasteiger partial charge in [-0.15, -0.1) is 0 Å². The van der Waals surface area contributed by atoms with Crippen molar-refractivity contribution < 1.29 is 25.1 Å². The van der Waals surface area contributed by atoms with E-state index in [0.717, 1.165) is 45.3 Å². The second-order valence-electron chi connectivity index (χ2n) is 7.94. The fourth-order valence-electron chi connectivity index (χ4n) is 4.08. The van der Waals surface area contributed by atoms with Crippen LogP contribution < -0.4 is 11.1 Å². The molecule has 3 amide bonds. The molecular weight excluding hydrogens is 414 g/mol. The first kappa shape index (κ1) is 22.4. The number of piperidine rings is 2. The van der Waals surface area contributed by atoms with Crippen LogP contribution in [0.25, 0.3) is 0 Å². The number of rotatable bonds is 4. The summed E-state index contributed by atoms with van der Waals surface area (Å²) < 4.78 is 0. The van der Waals surface area contributed by atoms with Crippen LogP contribution in [0.15, 0.2) is 12.1 Å². The van der Waals surface area contributed by atoms with Gasteiger partial charge in [0.05, 0.1) is 16.3 Å². The van der Waals surface area contributed by atoms with Gasteiger partial charge in [0, 0.05) is 44.8 Å². The van der Waals surface area contributed by atoms with Gasteiger partial charge < -0.3 is 26.0 Å². The van der Waals surface area contributed by atoms with Crippen molar-refractivity contribution in [3.05, 3.63) is 22.7 Å². The number of carbonyl (C=O) groups excluding carboxylic acids is 2. The van der Waals surface area contributed by atoms with E-state index < -0.39 is 6.03 Å². The highest BCUT2D eigenvalue weighted by Gasteiger charge is 2.28. The Hall–Kier alpha value is -2.27. The zero-order valence-electron chi connectivity index (χ0n) is 16.6. The minimum Gasteiger partial charge on any atom is -0.507 e. The quantitative estimate of drug-likeness (QED) is 0.272. The minimum absolute atomic E-state index is 0.0176. The Kier molecular flexibility index (Phi) is 7.24. The molecule has 1 aromatic rings. The summed E-state index contributed by atoms with van der Waals surface area (Å²) >= 11 is 5.95. The summed E-state index contributed by atoms with van der Waals surface area (Å²) in [6.07, 6.45) is 3.23. The van der Waals surface area contributed by atoms with Crippen molar-refractivity contribution in [1.29, 1.82) is 0 Å². The number of urea groups is 1. The summed E-state index contributed by atoms with van der Waals surface area (Å²) in [5.41, 5.74) is 5.96. The number of amides is 3. The summed E-state index contributed by atoms with van der Waals surface area (Å²) in [6, 6.07) is 1.88. The predicted molar refractivity (Wildman–Crippen MR) is 110 cm³/mol. The third-order valence-electron chi connectivity index (χ3n) is 5.85. The van der Waals surface area contributed by atoms with E-state index in [9.17, 15) is 14.7 Å². The number of benzene rings is 1. The number of hydroxylamine groups is 2. The fraction of sp³-hybridized carbons (Fsp3) is 0.579. The molecule has 30 heavy (non-hydrogen) atoms. The van der Waals surface area contributed by atoms with Gasteiger partial charge >= 0.3 is 6.03 Å². The Labute approximate surface area is 179 Å². The summed E-state index contributed by atoms with van der Waals surface area (Å²) in [7, 11) is 0. The molecule has 6 N–H and O–H groups in total. The van der Waals surface area contributed by atoms with Crippen LogP contribution in [-0.4, -0.2) is 81.3 Å². The number of anilines is 1. The lowest BCUT2D eigenvalue weighted by atomic mass is 9.95. The van der Waals surface area contributed by atoms with Crippen molar-refractivity contribution in [2.24, 2.45) is 5.92 Å². The monoisotopic (exact) mass is 441 g/mol. The molecule has 0 atom stereocenters. The Morgan fingerprint density at radius 3 is 2.37 bits per heavy atom. The summed E-state index contributed by atoms with van der Waals surface area (Å²) in [6.45, 7) is 3.61. The molecule has 3 rings (SSSR count). The molecule has 166 valence electrons. The van der Waals surface area contributed by atoms with E-state index in [1.807, 2.05) is 0 Å². The lowest BCUT2D eigenvalue weighted by molar-refractivity contribution is -0.264. The van der Waals surface area contributed by atoms with E-state index in [1.54, 1.807) is 0 Å². The fourth-order valence-corrected chi connectivity index (χ4v) is 4.25. The van der Waals surface area contributed by atoms with Gasteiger partial charge in [-0.25, -0.2) is 4.79 Å². The number of nitrogens with zero attached hydrogens (tertiary/aromatic N) is 3. The Bertz CT molecular complexity index is 777. The number of nitrogen functional groups attached to an aromatic ring is 1. The molecule has 11 heteroatoms. The van der Waals surface area contributed by atoms with Crippen molar-refractivity contribution in [3.8, 4) is 5.75 Å². The predicted octanol–water partition coefficient (Wildman–Crippen LogP) is 1.73. The van der Waals surface area contributed by atoms with Gasteiger partial charge in [-0.05, 0) is 37.7 Å². The van der Waals surface area contributed by atoms with Crippen LogP contribution in [-0.2, 0) is 0 Å². The molecule has 0 aliphatic carbocycles. The van der Waals surface area contributed by atoms with E-state index in [0.29, 0.717) is 19.0 Å². The van der Waals surface area contributed by atoms with Gasteiger partial charge in [0.15, 0.2) is 0 Å². The number of hydrogen-bond acceptors (Lipinski definition) is 7. The lowest BCUT2D eigenvalue weighted by Gasteiger charge is -2.37. The van der Waals surface area contributed by atoms with Crippen molar-refractivity contribution in [2.45, 2.75) is 31.7 Å². The second-order valence-corrected chi connectivity index (χ2v) is 8.35. The molecule has 2 aliphatic heterocycles. The third kappa shape index (κ3) is 5.45. The molecule has 0 spiro atoms. The van der Waals surface area contributed by atoms with Gasteiger partial charge in [-0.1, -0.05) is 16.8 Å². The summed E-state index contributed by atoms with van der Waals surface area (Å²) in [5.74, 6) is -0.117. The smallest absolute Gasteiger partial charge is 0.369 e. The highest BCUT2D eigenvalue weighted by atomic mass is 35.5. The molecule has 10 nitrogen and oxygen atoms in total. The van der Waals surface area contributed by atoms with Gasteiger partial charge in [-0.3, -0.25) is 15.2 Å². The number of hydrogen-bond donors (Lipinski definition) is 5. The summed E-state index contributed by atoms with van der Waals surface area (Å²) in [5, 5.41) is 30.4. The number of carbonyl (C=O) groups is 2. The van der Waals surface area contributed by atoms with Gasteiger partial charge in [0.1, 0.15) is 5.75 Å². The second kappa shape index (κ2) is 9.69. The minimum atomic E-state index is -0.793. The van der Waals surface area contributed by atoms with E-state index in [2.05, 4.69) is 10.2 Å². The number of nitrogens with two attached hydrogens (primary N) is 1. The van der Waals surface area contributed by atoms with E-state index in [1.165, 1.54) is 17.0 Å². The molecular formula is C19H28ClN5O5. The molecule has 0 bridgehead atoms. The van der Waals surface area contributed by atoms with Crippen molar-refractivity contribution in [2.75, 3.05) is 38.5 Å². The van der Waals surface area contributed by atoms with Crippen LogP contribution in [0.4, 0.5) is 10.5 Å². The molecule has 2 saturated heterocycles. The third-order valence-corrected chi connectivity index (χ3v) is 6.18. The zero-order valence-corrected chi connectivity index (χ0v) is 17.4. The number of phenols is 1. The first-order valence-electron chi connectivity index (χ1n) is 10.0. The van der Waals surface area contributed by atoms with Crippen LogP contribution in [0, 0.1) is 5.92 Å². The number of nitrogens with one attached hydrogen (secondary N) is 1. The van der Waals surface area contributed by atoms with E-state index in [-0.39, 0.29) is 39.2 Å². The Morgan fingerprint density at radius 2 is 1.77 bits per heavy atom. The van der Waals surface area contributed by atoms with Crippen molar-refractivity contribution in [1.82, 2.24) is 20.3 Å². The van der Waals surface area contributed by atoms with Gasteiger partial charge in [-0.2, -0.15) is 0 Å². The Balaban J connectivity index is 1.42. The normalized spacial score (nSPS) is 19.0. The van der Waals surface area contributed by atoms with Crippen LogP contribution in [0.1, 0.15) is 36.0 Å². The number of halogens is 1. The molecule has 2 aliphatic rings. The molecule has 2 heterocycles. The SMILES string of the molecule is Nc1cc(O)c(C(=O)NC2CCN(CC3CCN(C(=O)N(O)O)CC3)CC2)cc1Cl. The molecule has 0 aromatic heterocycles. The molecule has 0 saturated carbocycles. The molecule has 2 fully saturated rings. The Morgan fingerprint density at radius 1 is 1.13 bits per heavy atom. The topological polar surface area (TPSA) is 143 Å². The van der Waals surface area contributed by atoms with E-state index in [4.69, 9.17) is 27.7 Å². The largest absolute Gasteiger partial charge is 0.507 e. The average molecular weight is 442 g/mol. The molecule has 0 radical (unpaired) electrons. The lowest BCUT2D eigenvalue weighted by Crippen LogP contribution is -2.48. The van der Waals surface area contributed by atoms with Crippen molar-refractivity contribution in [3.63, 3.8) is 0 Å². The molecule has 0 unspecified atom stereocenters. The van der Waals surface area contributed by atoms with Crippen molar-refractivity contribution >= 4 is 29.2 Å². The average Bonchev–Trinajstić information content (AvgIpc) is 2.72. The maximum absolute atomic E-state index is 12.5. The molecule has 1 aromatic carbocycles. The van der Waals surface area contributed by atoms with Gasteiger partial charge in [0.25, 0.3) is 5.91 Å².